The van der Waals surface area contributed by atoms with E-state index in [1.807, 2.05) is 11.8 Å². The lowest BCUT2D eigenvalue weighted by atomic mass is 10.1. The summed E-state index contributed by atoms with van der Waals surface area (Å²) in [6.45, 7) is 3.55. The fraction of sp³-hybridized carbons (Fsp3) is 0.588. The molecule has 2 heterocycles. The van der Waals surface area contributed by atoms with Gasteiger partial charge in [0.05, 0.1) is 16.2 Å². The third kappa shape index (κ3) is 3.60. The second kappa shape index (κ2) is 7.85. The second-order valence-corrected chi connectivity index (χ2v) is 8.48. The quantitative estimate of drug-likeness (QED) is 0.880. The van der Waals surface area contributed by atoms with Gasteiger partial charge >= 0.3 is 0 Å². The molecule has 2 fully saturated rings. The molecule has 1 aromatic rings. The summed E-state index contributed by atoms with van der Waals surface area (Å²) in [5, 5.41) is 3.37. The molecule has 2 aliphatic heterocycles. The Balaban J connectivity index is 0.00000208. The first-order chi connectivity index (χ1) is 11.0. The van der Waals surface area contributed by atoms with Crippen molar-refractivity contribution >= 4 is 28.2 Å². The van der Waals surface area contributed by atoms with E-state index in [-0.39, 0.29) is 41.0 Å². The molecule has 0 aliphatic carbocycles. The van der Waals surface area contributed by atoms with E-state index in [2.05, 4.69) is 5.32 Å². The summed E-state index contributed by atoms with van der Waals surface area (Å²) < 4.78 is 25.0. The highest BCUT2D eigenvalue weighted by Gasteiger charge is 2.39. The Kier molecular flexibility index (Phi) is 6.28. The largest absolute Gasteiger partial charge is 0.331 e. The lowest BCUT2D eigenvalue weighted by Crippen LogP contribution is -2.43. The van der Waals surface area contributed by atoms with Gasteiger partial charge in [-0.3, -0.25) is 4.79 Å². The lowest BCUT2D eigenvalue weighted by Gasteiger charge is -2.28. The van der Waals surface area contributed by atoms with Gasteiger partial charge in [0.1, 0.15) is 0 Å². The van der Waals surface area contributed by atoms with Gasteiger partial charge in [-0.15, -0.1) is 12.4 Å². The van der Waals surface area contributed by atoms with E-state index in [1.165, 1.54) is 0 Å². The Hall–Kier alpha value is -1.11. The van der Waals surface area contributed by atoms with E-state index in [9.17, 15) is 13.2 Å². The van der Waals surface area contributed by atoms with Crippen LogP contribution in [-0.4, -0.2) is 50.2 Å². The van der Waals surface area contributed by atoms with Crippen LogP contribution in [0.5, 0.6) is 0 Å². The third-order valence-electron chi connectivity index (χ3n) is 4.81. The molecule has 134 valence electrons. The van der Waals surface area contributed by atoms with Gasteiger partial charge in [-0.05, 0) is 44.4 Å². The maximum Gasteiger partial charge on any atom is 0.255 e. The molecule has 2 saturated heterocycles. The smallest absolute Gasteiger partial charge is 0.255 e. The van der Waals surface area contributed by atoms with Crippen LogP contribution in [0.25, 0.3) is 0 Å². The van der Waals surface area contributed by atoms with Crippen LogP contribution < -0.4 is 5.32 Å². The molecule has 0 radical (unpaired) electrons. The van der Waals surface area contributed by atoms with Crippen LogP contribution in [-0.2, 0) is 9.84 Å². The van der Waals surface area contributed by atoms with Gasteiger partial charge in [0.15, 0.2) is 9.84 Å². The zero-order chi connectivity index (χ0) is 16.4. The SMILES string of the molecule is CCCS(=O)(=O)c1ccccc1C(=O)N1C2CCNCC1CC2.Cl. The number of benzene rings is 1. The van der Waals surface area contributed by atoms with Gasteiger partial charge in [-0.25, -0.2) is 8.42 Å². The van der Waals surface area contributed by atoms with Crippen molar-refractivity contribution in [2.75, 3.05) is 18.8 Å². The Bertz CT molecular complexity index is 679. The van der Waals surface area contributed by atoms with Crippen molar-refractivity contribution in [3.63, 3.8) is 0 Å². The van der Waals surface area contributed by atoms with Crippen LogP contribution in [0.3, 0.4) is 0 Å². The molecular formula is C17H25ClN2O3S. The Morgan fingerprint density at radius 1 is 1.21 bits per heavy atom. The van der Waals surface area contributed by atoms with Crippen LogP contribution >= 0.6 is 12.4 Å². The fourth-order valence-electron chi connectivity index (χ4n) is 3.75. The van der Waals surface area contributed by atoms with Crippen molar-refractivity contribution in [2.24, 2.45) is 0 Å². The molecule has 0 spiro atoms. The maximum absolute atomic E-state index is 13.1. The number of carbonyl (C=O) groups is 1. The van der Waals surface area contributed by atoms with Gasteiger partial charge in [0.25, 0.3) is 5.91 Å². The van der Waals surface area contributed by atoms with E-state index in [4.69, 9.17) is 0 Å². The minimum Gasteiger partial charge on any atom is -0.331 e. The zero-order valence-electron chi connectivity index (χ0n) is 13.9. The minimum absolute atomic E-state index is 0. The van der Waals surface area contributed by atoms with E-state index < -0.39 is 9.84 Å². The standard InChI is InChI=1S/C17H24N2O3S.ClH/c1-2-11-23(21,22)16-6-4-3-5-15(16)17(20)19-13-7-8-14(19)12-18-10-9-13;/h3-6,13-14,18H,2,7-12H2,1H3;1H. The monoisotopic (exact) mass is 372 g/mol. The number of nitrogens with zero attached hydrogens (tertiary/aromatic N) is 1. The molecular weight excluding hydrogens is 348 g/mol. The van der Waals surface area contributed by atoms with Crippen LogP contribution in [0.15, 0.2) is 29.2 Å². The Morgan fingerprint density at radius 2 is 1.92 bits per heavy atom. The first-order valence-electron chi connectivity index (χ1n) is 8.39. The normalized spacial score (nSPS) is 23.5. The second-order valence-electron chi connectivity index (χ2n) is 6.41. The average Bonchev–Trinajstić information content (AvgIpc) is 2.79. The highest BCUT2D eigenvalue weighted by atomic mass is 35.5. The highest BCUT2D eigenvalue weighted by molar-refractivity contribution is 7.91. The molecule has 24 heavy (non-hydrogen) atoms. The zero-order valence-corrected chi connectivity index (χ0v) is 15.5. The van der Waals surface area contributed by atoms with Crippen molar-refractivity contribution in [1.29, 1.82) is 0 Å². The summed E-state index contributed by atoms with van der Waals surface area (Å²) >= 11 is 0. The molecule has 5 nitrogen and oxygen atoms in total. The number of sulfone groups is 1. The number of nitrogens with one attached hydrogen (secondary N) is 1. The van der Waals surface area contributed by atoms with Crippen LogP contribution in [0.1, 0.15) is 43.0 Å². The molecule has 2 unspecified atom stereocenters. The highest BCUT2D eigenvalue weighted by Crippen LogP contribution is 2.31. The number of hydrogen-bond acceptors (Lipinski definition) is 4. The molecule has 1 N–H and O–H groups in total. The molecule has 3 rings (SSSR count). The van der Waals surface area contributed by atoms with Crippen molar-refractivity contribution in [3.05, 3.63) is 29.8 Å². The summed E-state index contributed by atoms with van der Waals surface area (Å²) in [5.74, 6) is -0.0532. The molecule has 2 bridgehead atoms. The van der Waals surface area contributed by atoms with Gasteiger partial charge in [0, 0.05) is 18.6 Å². The predicted molar refractivity (Wildman–Crippen MR) is 96.5 cm³/mol. The Morgan fingerprint density at radius 3 is 2.67 bits per heavy atom. The summed E-state index contributed by atoms with van der Waals surface area (Å²) in [6, 6.07) is 7.06. The lowest BCUT2D eigenvalue weighted by molar-refractivity contribution is 0.0676. The van der Waals surface area contributed by atoms with Crippen molar-refractivity contribution < 1.29 is 13.2 Å². The average molecular weight is 373 g/mol. The Labute approximate surface area is 150 Å². The number of halogens is 1. The van der Waals surface area contributed by atoms with Gasteiger partial charge in [-0.1, -0.05) is 19.1 Å². The molecule has 2 aliphatic rings. The van der Waals surface area contributed by atoms with Crippen LogP contribution in [0.2, 0.25) is 0 Å². The van der Waals surface area contributed by atoms with E-state index >= 15 is 0 Å². The van der Waals surface area contributed by atoms with E-state index in [0.29, 0.717) is 12.0 Å². The number of fused-ring (bicyclic) bond motifs is 2. The third-order valence-corrected chi connectivity index (χ3v) is 6.79. The number of carbonyl (C=O) groups excluding carboxylic acids is 1. The van der Waals surface area contributed by atoms with Gasteiger partial charge in [-0.2, -0.15) is 0 Å². The fourth-order valence-corrected chi connectivity index (χ4v) is 5.28. The van der Waals surface area contributed by atoms with Crippen LogP contribution in [0, 0.1) is 0 Å². The van der Waals surface area contributed by atoms with E-state index in [0.717, 1.165) is 32.4 Å². The molecule has 1 aromatic carbocycles. The number of rotatable bonds is 4. The molecule has 2 atom stereocenters. The van der Waals surface area contributed by atoms with Crippen molar-refractivity contribution in [3.8, 4) is 0 Å². The predicted octanol–water partition coefficient (Wildman–Crippen LogP) is 2.26. The summed E-state index contributed by atoms with van der Waals surface area (Å²) in [6.07, 6.45) is 3.49. The summed E-state index contributed by atoms with van der Waals surface area (Å²) in [5.41, 5.74) is 0.333. The first kappa shape index (κ1) is 19.2. The van der Waals surface area contributed by atoms with Crippen molar-refractivity contribution in [1.82, 2.24) is 10.2 Å². The van der Waals surface area contributed by atoms with Crippen molar-refractivity contribution in [2.45, 2.75) is 49.6 Å². The van der Waals surface area contributed by atoms with Gasteiger partial charge in [0.2, 0.25) is 0 Å². The minimum atomic E-state index is -3.41. The molecule has 7 heteroatoms. The number of hydrogen-bond donors (Lipinski definition) is 1. The molecule has 0 aromatic heterocycles. The maximum atomic E-state index is 13.1. The van der Waals surface area contributed by atoms with E-state index in [1.54, 1.807) is 24.3 Å². The topological polar surface area (TPSA) is 66.5 Å². The number of amides is 1. The molecule has 1 amide bonds. The summed E-state index contributed by atoms with van der Waals surface area (Å²) in [4.78, 5) is 15.2. The first-order valence-corrected chi connectivity index (χ1v) is 10.0. The van der Waals surface area contributed by atoms with Gasteiger partial charge < -0.3 is 10.2 Å². The van der Waals surface area contributed by atoms with Crippen LogP contribution in [0.4, 0.5) is 0 Å². The summed E-state index contributed by atoms with van der Waals surface area (Å²) in [7, 11) is -3.41. The molecule has 0 saturated carbocycles.